The van der Waals surface area contributed by atoms with Crippen LogP contribution in [0.1, 0.15) is 41.4 Å². The number of hydrogen-bond acceptors (Lipinski definition) is 2. The molecule has 2 rings (SSSR count). The van der Waals surface area contributed by atoms with Crippen LogP contribution in [0.3, 0.4) is 0 Å². The first kappa shape index (κ1) is 12.9. The highest BCUT2D eigenvalue weighted by Crippen LogP contribution is 2.27. The number of rotatable bonds is 4. The number of thiophene rings is 1. The van der Waals surface area contributed by atoms with Crippen molar-refractivity contribution < 1.29 is 4.79 Å². The van der Waals surface area contributed by atoms with Crippen LogP contribution in [0.15, 0.2) is 11.4 Å². The number of alkyl halides is 1. The second-order valence-electron chi connectivity index (χ2n) is 4.55. The molecule has 1 fully saturated rings. The monoisotopic (exact) mass is 271 g/mol. The molecule has 2 atom stereocenters. The summed E-state index contributed by atoms with van der Waals surface area (Å²) in [6.07, 6.45) is 4.29. The zero-order valence-corrected chi connectivity index (χ0v) is 11.6. The van der Waals surface area contributed by atoms with E-state index in [0.717, 1.165) is 29.7 Å². The minimum atomic E-state index is 0.0823. The Hall–Kier alpha value is -0.540. The fourth-order valence-electron chi connectivity index (χ4n) is 2.46. The number of aryl methyl sites for hydroxylation is 1. The smallest absolute Gasteiger partial charge is 0.261 e. The van der Waals surface area contributed by atoms with Gasteiger partial charge in [-0.15, -0.1) is 22.9 Å². The number of hydrogen-bond donors (Lipinski definition) is 1. The summed E-state index contributed by atoms with van der Waals surface area (Å²) >= 11 is 7.45. The summed E-state index contributed by atoms with van der Waals surface area (Å²) in [5, 5.41) is 5.13. The van der Waals surface area contributed by atoms with E-state index < -0.39 is 0 Å². The number of amides is 1. The Morgan fingerprint density at radius 3 is 3.12 bits per heavy atom. The van der Waals surface area contributed by atoms with Crippen molar-refractivity contribution in [3.05, 3.63) is 21.9 Å². The van der Waals surface area contributed by atoms with Crippen molar-refractivity contribution in [2.24, 2.45) is 5.92 Å². The van der Waals surface area contributed by atoms with Crippen LogP contribution in [0.2, 0.25) is 0 Å². The molecule has 1 aromatic rings. The molecule has 94 valence electrons. The first-order chi connectivity index (χ1) is 8.26. The zero-order valence-electron chi connectivity index (χ0n) is 10.0. The molecule has 4 heteroatoms. The molecule has 0 radical (unpaired) electrons. The summed E-state index contributed by atoms with van der Waals surface area (Å²) in [5.74, 6) is 1.18. The fraction of sp³-hybridized carbons (Fsp3) is 0.615. The first-order valence-electron chi connectivity index (χ1n) is 6.19. The molecule has 1 N–H and O–H groups in total. The van der Waals surface area contributed by atoms with E-state index in [1.54, 1.807) is 0 Å². The lowest BCUT2D eigenvalue weighted by atomic mass is 10.1. The minimum Gasteiger partial charge on any atom is -0.348 e. The SMILES string of the molecule is CCc1ccsc1C(=O)NC1CCCC1CCl. The third kappa shape index (κ3) is 2.83. The van der Waals surface area contributed by atoms with E-state index in [1.807, 2.05) is 11.4 Å². The van der Waals surface area contributed by atoms with E-state index in [1.165, 1.54) is 17.8 Å². The molecule has 0 aromatic carbocycles. The Bertz CT molecular complexity index is 391. The van der Waals surface area contributed by atoms with Crippen LogP contribution in [-0.2, 0) is 6.42 Å². The predicted molar refractivity (Wildman–Crippen MR) is 73.0 cm³/mol. The van der Waals surface area contributed by atoms with Crippen molar-refractivity contribution >= 4 is 28.8 Å². The summed E-state index contributed by atoms with van der Waals surface area (Å²) in [6.45, 7) is 2.08. The lowest BCUT2D eigenvalue weighted by Gasteiger charge is -2.18. The molecule has 2 nitrogen and oxygen atoms in total. The minimum absolute atomic E-state index is 0.0823. The molecule has 1 aliphatic rings. The summed E-state index contributed by atoms with van der Waals surface area (Å²) in [5.41, 5.74) is 1.15. The Morgan fingerprint density at radius 1 is 1.59 bits per heavy atom. The van der Waals surface area contributed by atoms with Gasteiger partial charge in [0.2, 0.25) is 0 Å². The van der Waals surface area contributed by atoms with E-state index in [9.17, 15) is 4.79 Å². The molecule has 0 spiro atoms. The highest BCUT2D eigenvalue weighted by Gasteiger charge is 2.28. The van der Waals surface area contributed by atoms with Crippen LogP contribution in [-0.4, -0.2) is 17.8 Å². The number of carbonyl (C=O) groups is 1. The molecule has 1 aromatic heterocycles. The van der Waals surface area contributed by atoms with Gasteiger partial charge in [-0.3, -0.25) is 4.79 Å². The van der Waals surface area contributed by atoms with Crippen molar-refractivity contribution in [3.8, 4) is 0 Å². The molecule has 1 aliphatic carbocycles. The number of halogens is 1. The van der Waals surface area contributed by atoms with Gasteiger partial charge in [0.15, 0.2) is 0 Å². The van der Waals surface area contributed by atoms with Gasteiger partial charge in [-0.1, -0.05) is 13.3 Å². The summed E-state index contributed by atoms with van der Waals surface area (Å²) in [7, 11) is 0. The van der Waals surface area contributed by atoms with Crippen LogP contribution in [0.4, 0.5) is 0 Å². The summed E-state index contributed by atoms with van der Waals surface area (Å²) < 4.78 is 0. The Kier molecular flexibility index (Phi) is 4.46. The van der Waals surface area contributed by atoms with E-state index in [0.29, 0.717) is 11.8 Å². The third-order valence-electron chi connectivity index (χ3n) is 3.51. The van der Waals surface area contributed by atoms with Gasteiger partial charge in [-0.25, -0.2) is 0 Å². The van der Waals surface area contributed by atoms with Crippen molar-refractivity contribution in [2.45, 2.75) is 38.6 Å². The van der Waals surface area contributed by atoms with Gasteiger partial charge in [0.1, 0.15) is 0 Å². The Balaban J connectivity index is 2.01. The van der Waals surface area contributed by atoms with Crippen molar-refractivity contribution in [1.29, 1.82) is 0 Å². The summed E-state index contributed by atoms with van der Waals surface area (Å²) in [4.78, 5) is 13.0. The van der Waals surface area contributed by atoms with E-state index in [2.05, 4.69) is 12.2 Å². The molecule has 0 bridgehead atoms. The second kappa shape index (κ2) is 5.87. The van der Waals surface area contributed by atoms with Crippen LogP contribution in [0, 0.1) is 5.92 Å². The van der Waals surface area contributed by atoms with Gasteiger partial charge in [0.25, 0.3) is 5.91 Å². The quantitative estimate of drug-likeness (QED) is 0.835. The van der Waals surface area contributed by atoms with Gasteiger partial charge < -0.3 is 5.32 Å². The average molecular weight is 272 g/mol. The lowest BCUT2D eigenvalue weighted by molar-refractivity contribution is 0.0933. The van der Waals surface area contributed by atoms with Gasteiger partial charge in [0.05, 0.1) is 4.88 Å². The van der Waals surface area contributed by atoms with E-state index >= 15 is 0 Å². The van der Waals surface area contributed by atoms with E-state index in [4.69, 9.17) is 11.6 Å². The fourth-order valence-corrected chi connectivity index (χ4v) is 3.73. The van der Waals surface area contributed by atoms with Gasteiger partial charge in [0, 0.05) is 11.9 Å². The molecule has 1 heterocycles. The Morgan fingerprint density at radius 2 is 2.41 bits per heavy atom. The van der Waals surface area contributed by atoms with Crippen LogP contribution < -0.4 is 5.32 Å². The number of carbonyl (C=O) groups excluding carboxylic acids is 1. The Labute approximate surface area is 111 Å². The van der Waals surface area contributed by atoms with Crippen LogP contribution >= 0.6 is 22.9 Å². The van der Waals surface area contributed by atoms with Gasteiger partial charge in [-0.2, -0.15) is 0 Å². The number of nitrogens with one attached hydrogen (secondary N) is 1. The van der Waals surface area contributed by atoms with Crippen molar-refractivity contribution in [3.63, 3.8) is 0 Å². The highest BCUT2D eigenvalue weighted by molar-refractivity contribution is 7.12. The van der Waals surface area contributed by atoms with Gasteiger partial charge >= 0.3 is 0 Å². The van der Waals surface area contributed by atoms with Crippen molar-refractivity contribution in [2.75, 3.05) is 5.88 Å². The molecular weight excluding hydrogens is 254 g/mol. The average Bonchev–Trinajstić information content (AvgIpc) is 2.96. The predicted octanol–water partition coefficient (Wildman–Crippen LogP) is 3.45. The lowest BCUT2D eigenvalue weighted by Crippen LogP contribution is -2.37. The molecule has 17 heavy (non-hydrogen) atoms. The maximum absolute atomic E-state index is 12.2. The largest absolute Gasteiger partial charge is 0.348 e. The standard InChI is InChI=1S/C13H18ClNOS/c1-2-9-6-7-17-12(9)13(16)15-11-5-3-4-10(11)8-14/h6-7,10-11H,2-5,8H2,1H3,(H,15,16). The molecule has 2 unspecified atom stereocenters. The highest BCUT2D eigenvalue weighted by atomic mass is 35.5. The van der Waals surface area contributed by atoms with Crippen LogP contribution in [0.5, 0.6) is 0 Å². The topological polar surface area (TPSA) is 29.1 Å². The van der Waals surface area contributed by atoms with Crippen molar-refractivity contribution in [1.82, 2.24) is 5.32 Å². The normalized spacial score (nSPS) is 23.9. The maximum Gasteiger partial charge on any atom is 0.261 e. The van der Waals surface area contributed by atoms with Gasteiger partial charge in [-0.05, 0) is 42.2 Å². The molecular formula is C13H18ClNOS. The maximum atomic E-state index is 12.2. The van der Waals surface area contributed by atoms with E-state index in [-0.39, 0.29) is 11.9 Å². The molecule has 1 saturated carbocycles. The first-order valence-corrected chi connectivity index (χ1v) is 7.60. The zero-order chi connectivity index (χ0) is 12.3. The molecule has 1 amide bonds. The molecule has 0 aliphatic heterocycles. The summed E-state index contributed by atoms with van der Waals surface area (Å²) in [6, 6.07) is 2.31. The second-order valence-corrected chi connectivity index (χ2v) is 5.78. The van der Waals surface area contributed by atoms with Crippen LogP contribution in [0.25, 0.3) is 0 Å². The molecule has 0 saturated heterocycles. The third-order valence-corrected chi connectivity index (χ3v) is 4.86.